The first-order valence-electron chi connectivity index (χ1n) is 4.66. The van der Waals surface area contributed by atoms with Gasteiger partial charge in [0, 0.05) is 11.8 Å². The highest BCUT2D eigenvalue weighted by atomic mass is 19.1. The van der Waals surface area contributed by atoms with Gasteiger partial charge < -0.3 is 5.73 Å². The lowest BCUT2D eigenvalue weighted by Crippen LogP contribution is -2.00. The fraction of sp³-hybridized carbons (Fsp3) is 0.182. The number of benzene rings is 1. The number of rotatable bonds is 1. The Morgan fingerprint density at radius 2 is 1.93 bits per heavy atom. The van der Waals surface area contributed by atoms with Gasteiger partial charge in [-0.3, -0.25) is 0 Å². The van der Waals surface area contributed by atoms with E-state index in [1.54, 1.807) is 10.7 Å². The van der Waals surface area contributed by atoms with Crippen LogP contribution >= 0.6 is 0 Å². The summed E-state index contributed by atoms with van der Waals surface area (Å²) in [6.45, 7) is 3.72. The minimum atomic E-state index is -0.265. The molecule has 0 saturated heterocycles. The van der Waals surface area contributed by atoms with Gasteiger partial charge >= 0.3 is 0 Å². The highest BCUT2D eigenvalue weighted by molar-refractivity contribution is 5.40. The molecule has 0 aliphatic carbocycles. The van der Waals surface area contributed by atoms with Crippen molar-refractivity contribution in [2.75, 3.05) is 5.73 Å². The van der Waals surface area contributed by atoms with Gasteiger partial charge in [-0.1, -0.05) is 0 Å². The number of halogens is 1. The SMILES string of the molecule is Cc1cc(F)cc(-n2nc(N)cc2C)c1. The minimum Gasteiger partial charge on any atom is -0.382 e. The second-order valence-electron chi connectivity index (χ2n) is 3.61. The Kier molecular flexibility index (Phi) is 2.19. The molecule has 0 aliphatic heterocycles. The summed E-state index contributed by atoms with van der Waals surface area (Å²) in [5.74, 6) is 0.174. The zero-order chi connectivity index (χ0) is 11.0. The molecule has 1 aromatic carbocycles. The summed E-state index contributed by atoms with van der Waals surface area (Å²) in [4.78, 5) is 0. The smallest absolute Gasteiger partial charge is 0.146 e. The molecule has 0 atom stereocenters. The Morgan fingerprint density at radius 3 is 2.47 bits per heavy atom. The summed E-state index contributed by atoms with van der Waals surface area (Å²) >= 11 is 0. The molecule has 2 aromatic rings. The Bertz CT molecular complexity index is 482. The van der Waals surface area contributed by atoms with Gasteiger partial charge in [0.15, 0.2) is 0 Å². The summed E-state index contributed by atoms with van der Waals surface area (Å²) in [6.07, 6.45) is 0. The number of nitrogens with two attached hydrogens (primary N) is 1. The van der Waals surface area contributed by atoms with Crippen LogP contribution in [-0.4, -0.2) is 9.78 Å². The molecule has 2 N–H and O–H groups in total. The summed E-state index contributed by atoms with van der Waals surface area (Å²) < 4.78 is 14.8. The number of hydrogen-bond acceptors (Lipinski definition) is 2. The van der Waals surface area contributed by atoms with Crippen molar-refractivity contribution in [3.05, 3.63) is 41.3 Å². The van der Waals surface area contributed by atoms with E-state index in [2.05, 4.69) is 5.10 Å². The molecule has 0 unspecified atom stereocenters. The Morgan fingerprint density at radius 1 is 1.20 bits per heavy atom. The first-order chi connectivity index (χ1) is 7.06. The van der Waals surface area contributed by atoms with E-state index in [0.717, 1.165) is 11.3 Å². The Hall–Kier alpha value is -1.84. The van der Waals surface area contributed by atoms with Gasteiger partial charge in [0.05, 0.1) is 5.69 Å². The first kappa shape index (κ1) is 9.71. The van der Waals surface area contributed by atoms with Crippen LogP contribution < -0.4 is 5.73 Å². The maximum absolute atomic E-state index is 13.2. The molecule has 0 bridgehead atoms. The minimum absolute atomic E-state index is 0.265. The molecule has 0 saturated carbocycles. The van der Waals surface area contributed by atoms with E-state index < -0.39 is 0 Å². The standard InChI is InChI=1S/C11H12FN3/c1-7-3-9(12)6-10(4-7)15-8(2)5-11(13)14-15/h3-6H,1-2H3,(H2,13,14). The van der Waals surface area contributed by atoms with Gasteiger partial charge in [0.1, 0.15) is 11.6 Å². The lowest BCUT2D eigenvalue weighted by Gasteiger charge is -2.05. The van der Waals surface area contributed by atoms with Gasteiger partial charge in [-0.05, 0) is 37.6 Å². The quantitative estimate of drug-likeness (QED) is 0.775. The second-order valence-corrected chi connectivity index (χ2v) is 3.61. The molecule has 0 aliphatic rings. The number of anilines is 1. The molecular weight excluding hydrogens is 193 g/mol. The van der Waals surface area contributed by atoms with Crippen LogP contribution in [0.3, 0.4) is 0 Å². The monoisotopic (exact) mass is 205 g/mol. The number of aromatic nitrogens is 2. The van der Waals surface area contributed by atoms with Crippen LogP contribution in [0.1, 0.15) is 11.3 Å². The van der Waals surface area contributed by atoms with Crippen LogP contribution in [0.2, 0.25) is 0 Å². The Balaban J connectivity index is 2.58. The van der Waals surface area contributed by atoms with E-state index in [1.807, 2.05) is 19.9 Å². The fourth-order valence-corrected chi connectivity index (χ4v) is 1.60. The second kappa shape index (κ2) is 3.38. The van der Waals surface area contributed by atoms with Crippen LogP contribution in [0.15, 0.2) is 24.3 Å². The zero-order valence-electron chi connectivity index (χ0n) is 8.66. The fourth-order valence-electron chi connectivity index (χ4n) is 1.60. The third-order valence-corrected chi connectivity index (χ3v) is 2.18. The Labute approximate surface area is 87.3 Å². The van der Waals surface area contributed by atoms with Crippen molar-refractivity contribution in [1.29, 1.82) is 0 Å². The van der Waals surface area contributed by atoms with Gasteiger partial charge in [-0.15, -0.1) is 0 Å². The molecule has 2 rings (SSSR count). The van der Waals surface area contributed by atoms with E-state index in [4.69, 9.17) is 5.73 Å². The number of hydrogen-bond donors (Lipinski definition) is 1. The van der Waals surface area contributed by atoms with Crippen molar-refractivity contribution in [3.63, 3.8) is 0 Å². The molecule has 4 heteroatoms. The van der Waals surface area contributed by atoms with E-state index >= 15 is 0 Å². The molecule has 78 valence electrons. The molecule has 15 heavy (non-hydrogen) atoms. The van der Waals surface area contributed by atoms with Gasteiger partial charge in [0.2, 0.25) is 0 Å². The van der Waals surface area contributed by atoms with Gasteiger partial charge in [-0.2, -0.15) is 5.10 Å². The topological polar surface area (TPSA) is 43.8 Å². The number of aryl methyl sites for hydroxylation is 2. The predicted octanol–water partition coefficient (Wildman–Crippen LogP) is 2.21. The first-order valence-corrected chi connectivity index (χ1v) is 4.66. The van der Waals surface area contributed by atoms with Crippen molar-refractivity contribution in [1.82, 2.24) is 9.78 Å². The molecule has 0 fully saturated rings. The van der Waals surface area contributed by atoms with Crippen molar-refractivity contribution in [2.24, 2.45) is 0 Å². The number of nitrogens with zero attached hydrogens (tertiary/aromatic N) is 2. The van der Waals surface area contributed by atoms with Crippen molar-refractivity contribution >= 4 is 5.82 Å². The van der Waals surface area contributed by atoms with E-state index in [0.29, 0.717) is 11.5 Å². The molecule has 3 nitrogen and oxygen atoms in total. The molecule has 0 spiro atoms. The molecular formula is C11H12FN3. The third kappa shape index (κ3) is 1.83. The third-order valence-electron chi connectivity index (χ3n) is 2.18. The zero-order valence-corrected chi connectivity index (χ0v) is 8.66. The predicted molar refractivity (Wildman–Crippen MR) is 57.4 cm³/mol. The normalized spacial score (nSPS) is 10.6. The molecule has 0 amide bonds. The van der Waals surface area contributed by atoms with Crippen molar-refractivity contribution in [2.45, 2.75) is 13.8 Å². The van der Waals surface area contributed by atoms with Crippen LogP contribution in [0, 0.1) is 19.7 Å². The average molecular weight is 205 g/mol. The maximum atomic E-state index is 13.2. The highest BCUT2D eigenvalue weighted by Crippen LogP contribution is 2.16. The number of nitrogen functional groups attached to an aromatic ring is 1. The van der Waals surface area contributed by atoms with Crippen molar-refractivity contribution < 1.29 is 4.39 Å². The van der Waals surface area contributed by atoms with Gasteiger partial charge in [0.25, 0.3) is 0 Å². The van der Waals surface area contributed by atoms with Gasteiger partial charge in [-0.25, -0.2) is 9.07 Å². The lowest BCUT2D eigenvalue weighted by molar-refractivity contribution is 0.624. The van der Waals surface area contributed by atoms with Crippen molar-refractivity contribution in [3.8, 4) is 5.69 Å². The van der Waals surface area contributed by atoms with Crippen LogP contribution in [-0.2, 0) is 0 Å². The summed E-state index contributed by atoms with van der Waals surface area (Å²) in [5, 5.41) is 4.09. The van der Waals surface area contributed by atoms with E-state index in [1.165, 1.54) is 12.1 Å². The lowest BCUT2D eigenvalue weighted by atomic mass is 10.2. The molecule has 1 heterocycles. The summed E-state index contributed by atoms with van der Waals surface area (Å²) in [6, 6.07) is 6.53. The average Bonchev–Trinajstić information content (AvgIpc) is 2.43. The largest absolute Gasteiger partial charge is 0.382 e. The van der Waals surface area contributed by atoms with Crippen LogP contribution in [0.4, 0.5) is 10.2 Å². The molecule has 0 radical (unpaired) electrons. The van der Waals surface area contributed by atoms with E-state index in [-0.39, 0.29) is 5.82 Å². The molecule has 1 aromatic heterocycles. The maximum Gasteiger partial charge on any atom is 0.146 e. The highest BCUT2D eigenvalue weighted by Gasteiger charge is 2.05. The van der Waals surface area contributed by atoms with E-state index in [9.17, 15) is 4.39 Å². The summed E-state index contributed by atoms with van der Waals surface area (Å²) in [5.41, 5.74) is 8.01. The van der Waals surface area contributed by atoms with Crippen LogP contribution in [0.5, 0.6) is 0 Å². The van der Waals surface area contributed by atoms with Crippen LogP contribution in [0.25, 0.3) is 5.69 Å². The summed E-state index contributed by atoms with van der Waals surface area (Å²) in [7, 11) is 0.